The van der Waals surface area contributed by atoms with Crippen LogP contribution in [0.4, 0.5) is 5.82 Å². The average molecular weight is 300 g/mol. The van der Waals surface area contributed by atoms with Crippen molar-refractivity contribution in [2.75, 3.05) is 38.6 Å². The number of aryl methyl sites for hydroxylation is 1. The summed E-state index contributed by atoms with van der Waals surface area (Å²) in [6.07, 6.45) is 3.08. The van der Waals surface area contributed by atoms with Crippen molar-refractivity contribution in [3.63, 3.8) is 0 Å². The molecule has 0 aliphatic carbocycles. The summed E-state index contributed by atoms with van der Waals surface area (Å²) in [6, 6.07) is 2.12. The van der Waals surface area contributed by atoms with E-state index in [4.69, 9.17) is 0 Å². The fourth-order valence-electron chi connectivity index (χ4n) is 1.75. The van der Waals surface area contributed by atoms with Gasteiger partial charge in [-0.05, 0) is 68.5 Å². The lowest BCUT2D eigenvalue weighted by atomic mass is 10.3. The van der Waals surface area contributed by atoms with Gasteiger partial charge in [0.1, 0.15) is 5.82 Å². The molecule has 1 rings (SSSR count). The quantitative estimate of drug-likeness (QED) is 0.805. The monoisotopic (exact) mass is 299 g/mol. The maximum absolute atomic E-state index is 4.51. The Kier molecular flexibility index (Phi) is 5.92. The van der Waals surface area contributed by atoms with Crippen molar-refractivity contribution in [1.82, 2.24) is 9.88 Å². The van der Waals surface area contributed by atoms with Crippen LogP contribution >= 0.6 is 15.9 Å². The van der Waals surface area contributed by atoms with Crippen LogP contribution in [0.5, 0.6) is 0 Å². The molecule has 0 spiro atoms. The molecule has 4 heteroatoms. The largest absolute Gasteiger partial charge is 0.356 e. The fourth-order valence-corrected chi connectivity index (χ4v) is 2.46. The van der Waals surface area contributed by atoms with Crippen LogP contribution in [0.1, 0.15) is 18.9 Å². The van der Waals surface area contributed by atoms with Gasteiger partial charge < -0.3 is 9.80 Å². The molecular weight excluding hydrogens is 278 g/mol. The van der Waals surface area contributed by atoms with Gasteiger partial charge in [-0.25, -0.2) is 4.98 Å². The lowest BCUT2D eigenvalue weighted by molar-refractivity contribution is 0.400. The maximum Gasteiger partial charge on any atom is 0.142 e. The van der Waals surface area contributed by atoms with Gasteiger partial charge in [0.2, 0.25) is 0 Å². The van der Waals surface area contributed by atoms with E-state index in [0.29, 0.717) is 0 Å². The summed E-state index contributed by atoms with van der Waals surface area (Å²) in [5, 5.41) is 0. The van der Waals surface area contributed by atoms with Gasteiger partial charge in [-0.15, -0.1) is 0 Å². The van der Waals surface area contributed by atoms with Crippen molar-refractivity contribution in [3.05, 3.63) is 22.3 Å². The van der Waals surface area contributed by atoms with Gasteiger partial charge in [0, 0.05) is 19.3 Å². The predicted molar refractivity (Wildman–Crippen MR) is 77.7 cm³/mol. The molecule has 0 aliphatic heterocycles. The number of pyridine rings is 1. The van der Waals surface area contributed by atoms with E-state index in [1.54, 1.807) is 0 Å². The Labute approximate surface area is 113 Å². The third-order valence-electron chi connectivity index (χ3n) is 2.67. The van der Waals surface area contributed by atoms with Gasteiger partial charge in [-0.1, -0.05) is 0 Å². The van der Waals surface area contributed by atoms with E-state index >= 15 is 0 Å². The topological polar surface area (TPSA) is 19.4 Å². The third kappa shape index (κ3) is 4.64. The second kappa shape index (κ2) is 6.97. The van der Waals surface area contributed by atoms with Crippen molar-refractivity contribution in [1.29, 1.82) is 0 Å². The summed E-state index contributed by atoms with van der Waals surface area (Å²) < 4.78 is 1.09. The molecule has 0 aromatic carbocycles. The molecule has 1 aromatic heterocycles. The van der Waals surface area contributed by atoms with E-state index in [0.717, 1.165) is 36.3 Å². The van der Waals surface area contributed by atoms with Crippen LogP contribution in [0.15, 0.2) is 16.7 Å². The van der Waals surface area contributed by atoms with Crippen LogP contribution in [0, 0.1) is 6.92 Å². The van der Waals surface area contributed by atoms with E-state index in [1.165, 1.54) is 5.56 Å². The normalized spacial score (nSPS) is 10.9. The molecule has 0 saturated heterocycles. The number of anilines is 1. The summed E-state index contributed by atoms with van der Waals surface area (Å²) >= 11 is 3.59. The second-order valence-electron chi connectivity index (χ2n) is 4.55. The summed E-state index contributed by atoms with van der Waals surface area (Å²) in [5.74, 6) is 1.05. The molecule has 0 bridgehead atoms. The first-order chi connectivity index (χ1) is 8.04. The minimum atomic E-state index is 0.988. The molecule has 0 fully saturated rings. The van der Waals surface area contributed by atoms with E-state index in [9.17, 15) is 0 Å². The van der Waals surface area contributed by atoms with Crippen molar-refractivity contribution < 1.29 is 0 Å². The van der Waals surface area contributed by atoms with Crippen LogP contribution in [0.2, 0.25) is 0 Å². The Hall–Kier alpha value is -0.610. The molecule has 0 amide bonds. The summed E-state index contributed by atoms with van der Waals surface area (Å²) in [5.41, 5.74) is 1.19. The van der Waals surface area contributed by atoms with Crippen LogP contribution in [-0.4, -0.2) is 43.6 Å². The molecule has 0 aliphatic rings. The predicted octanol–water partition coefficient (Wildman–Crippen LogP) is 2.93. The van der Waals surface area contributed by atoms with Gasteiger partial charge >= 0.3 is 0 Å². The average Bonchev–Trinajstić information content (AvgIpc) is 2.25. The number of halogens is 1. The lowest BCUT2D eigenvalue weighted by Gasteiger charge is -2.24. The second-order valence-corrected chi connectivity index (χ2v) is 5.41. The number of nitrogens with zero attached hydrogens (tertiary/aromatic N) is 3. The highest BCUT2D eigenvalue weighted by Crippen LogP contribution is 2.24. The molecule has 0 N–H and O–H groups in total. The highest BCUT2D eigenvalue weighted by molar-refractivity contribution is 9.10. The van der Waals surface area contributed by atoms with Crippen molar-refractivity contribution in [3.8, 4) is 0 Å². The van der Waals surface area contributed by atoms with Crippen molar-refractivity contribution in [2.45, 2.75) is 20.3 Å². The molecule has 1 aromatic rings. The van der Waals surface area contributed by atoms with Crippen LogP contribution < -0.4 is 4.90 Å². The lowest BCUT2D eigenvalue weighted by Crippen LogP contribution is -2.28. The van der Waals surface area contributed by atoms with Crippen LogP contribution in [0.25, 0.3) is 0 Å². The van der Waals surface area contributed by atoms with Gasteiger partial charge in [-0.2, -0.15) is 0 Å². The first kappa shape index (κ1) is 14.5. The molecule has 0 saturated carbocycles. The SMILES string of the molecule is CCN(CCCN(C)C)c1ncc(C)cc1Br. The molecule has 0 unspecified atom stereocenters. The molecule has 17 heavy (non-hydrogen) atoms. The Morgan fingerprint density at radius 3 is 2.53 bits per heavy atom. The van der Waals surface area contributed by atoms with Gasteiger partial charge in [-0.3, -0.25) is 0 Å². The Morgan fingerprint density at radius 2 is 2.00 bits per heavy atom. The fraction of sp³-hybridized carbons (Fsp3) is 0.615. The minimum absolute atomic E-state index is 0.988. The van der Waals surface area contributed by atoms with Crippen LogP contribution in [-0.2, 0) is 0 Å². The summed E-state index contributed by atoms with van der Waals surface area (Å²) in [4.78, 5) is 9.04. The smallest absolute Gasteiger partial charge is 0.142 e. The maximum atomic E-state index is 4.51. The Balaban J connectivity index is 2.66. The number of hydrogen-bond acceptors (Lipinski definition) is 3. The zero-order valence-corrected chi connectivity index (χ0v) is 12.8. The molecule has 3 nitrogen and oxygen atoms in total. The zero-order chi connectivity index (χ0) is 12.8. The van der Waals surface area contributed by atoms with E-state index < -0.39 is 0 Å². The summed E-state index contributed by atoms with van der Waals surface area (Å²) in [6.45, 7) is 7.37. The van der Waals surface area contributed by atoms with Gasteiger partial charge in [0.15, 0.2) is 0 Å². The van der Waals surface area contributed by atoms with Gasteiger partial charge in [0.05, 0.1) is 4.47 Å². The number of rotatable bonds is 6. The summed E-state index contributed by atoms with van der Waals surface area (Å²) in [7, 11) is 4.21. The van der Waals surface area contributed by atoms with E-state index in [2.05, 4.69) is 64.7 Å². The highest BCUT2D eigenvalue weighted by Gasteiger charge is 2.09. The Morgan fingerprint density at radius 1 is 1.29 bits per heavy atom. The van der Waals surface area contributed by atoms with Gasteiger partial charge in [0.25, 0.3) is 0 Å². The third-order valence-corrected chi connectivity index (χ3v) is 3.26. The van der Waals surface area contributed by atoms with E-state index in [1.807, 2.05) is 6.20 Å². The molecular formula is C13H22BrN3. The molecule has 96 valence electrons. The van der Waals surface area contributed by atoms with Crippen LogP contribution in [0.3, 0.4) is 0 Å². The molecule has 0 atom stereocenters. The standard InChI is InChI=1S/C13H22BrN3/c1-5-17(8-6-7-16(3)4)13-12(14)9-11(2)10-15-13/h9-10H,5-8H2,1-4H3. The highest BCUT2D eigenvalue weighted by atomic mass is 79.9. The Bertz CT molecular complexity index is 353. The molecule has 0 radical (unpaired) electrons. The van der Waals surface area contributed by atoms with Crippen molar-refractivity contribution in [2.24, 2.45) is 0 Å². The minimum Gasteiger partial charge on any atom is -0.356 e. The van der Waals surface area contributed by atoms with E-state index in [-0.39, 0.29) is 0 Å². The number of aromatic nitrogens is 1. The first-order valence-corrected chi connectivity index (χ1v) is 6.85. The number of hydrogen-bond donors (Lipinski definition) is 0. The molecule has 1 heterocycles. The van der Waals surface area contributed by atoms with Crippen molar-refractivity contribution >= 4 is 21.7 Å². The first-order valence-electron chi connectivity index (χ1n) is 6.06. The zero-order valence-electron chi connectivity index (χ0n) is 11.2.